The third kappa shape index (κ3) is 4.46. The second-order valence-electron chi connectivity index (χ2n) is 3.98. The normalized spacial score (nSPS) is 11.8. The number of hydrogen-bond acceptors (Lipinski definition) is 5. The van der Waals surface area contributed by atoms with E-state index in [2.05, 4.69) is 15.0 Å². The van der Waals surface area contributed by atoms with Crippen molar-refractivity contribution >= 4 is 52.9 Å². The summed E-state index contributed by atoms with van der Waals surface area (Å²) in [4.78, 5) is 11.8. The average molecular weight is 346 g/mol. The molecule has 0 fully saturated rings. The van der Waals surface area contributed by atoms with Gasteiger partial charge >= 0.3 is 0 Å². The third-order valence-corrected chi connectivity index (χ3v) is 2.97. The van der Waals surface area contributed by atoms with Crippen LogP contribution in [0.2, 0.25) is 0 Å². The monoisotopic (exact) mass is 344 g/mol. The Hall–Kier alpha value is -1.56. The molecule has 0 saturated carbocycles. The minimum absolute atomic E-state index is 0.0132. The predicted molar refractivity (Wildman–Crippen MR) is 85.4 cm³/mol. The molecule has 110 valence electrons. The SMILES string of the molecule is COc1ccc(/C=C/c2nc(N)nc(C(Cl)(Cl)Cl)n2)cc1. The zero-order valence-electron chi connectivity index (χ0n) is 10.9. The fourth-order valence-corrected chi connectivity index (χ4v) is 1.75. The second-order valence-corrected chi connectivity index (χ2v) is 6.26. The highest BCUT2D eigenvalue weighted by molar-refractivity contribution is 6.66. The quantitative estimate of drug-likeness (QED) is 0.862. The number of methoxy groups -OCH3 is 1. The van der Waals surface area contributed by atoms with E-state index in [-0.39, 0.29) is 11.8 Å². The van der Waals surface area contributed by atoms with Crippen LogP contribution in [-0.4, -0.2) is 22.1 Å². The maximum atomic E-state index is 5.74. The van der Waals surface area contributed by atoms with Gasteiger partial charge in [0.25, 0.3) is 0 Å². The lowest BCUT2D eigenvalue weighted by Gasteiger charge is -2.09. The summed E-state index contributed by atoms with van der Waals surface area (Å²) in [6, 6.07) is 7.45. The van der Waals surface area contributed by atoms with Gasteiger partial charge in [-0.1, -0.05) is 53.0 Å². The van der Waals surface area contributed by atoms with E-state index in [9.17, 15) is 0 Å². The standard InChI is InChI=1S/C13H11Cl3N4O/c1-21-9-5-2-8(3-6-9)4-7-10-18-11(13(14,15)16)20-12(17)19-10/h2-7H,1H3,(H2,17,18,19,20)/b7-4+. The third-order valence-electron chi connectivity index (χ3n) is 2.46. The fourth-order valence-electron chi connectivity index (χ4n) is 1.50. The van der Waals surface area contributed by atoms with Crippen LogP contribution in [0.5, 0.6) is 5.75 Å². The molecule has 0 aliphatic carbocycles. The molecule has 2 aromatic rings. The number of alkyl halides is 3. The number of ether oxygens (including phenoxy) is 1. The van der Waals surface area contributed by atoms with Gasteiger partial charge in [-0.3, -0.25) is 0 Å². The number of nitrogens with two attached hydrogens (primary N) is 1. The molecule has 8 heteroatoms. The molecule has 0 amide bonds. The lowest BCUT2D eigenvalue weighted by atomic mass is 10.2. The lowest BCUT2D eigenvalue weighted by molar-refractivity contribution is 0.415. The van der Waals surface area contributed by atoms with Crippen molar-refractivity contribution in [3.8, 4) is 5.75 Å². The van der Waals surface area contributed by atoms with Gasteiger partial charge in [0.2, 0.25) is 9.74 Å². The van der Waals surface area contributed by atoms with Gasteiger partial charge in [-0.05, 0) is 23.8 Å². The highest BCUT2D eigenvalue weighted by Gasteiger charge is 2.27. The molecule has 1 aromatic heterocycles. The molecule has 0 bridgehead atoms. The Morgan fingerprint density at radius 3 is 2.29 bits per heavy atom. The predicted octanol–water partition coefficient (Wildman–Crippen LogP) is 3.46. The maximum Gasteiger partial charge on any atom is 0.250 e. The van der Waals surface area contributed by atoms with E-state index in [0.29, 0.717) is 5.82 Å². The van der Waals surface area contributed by atoms with Crippen LogP contribution in [0.3, 0.4) is 0 Å². The second kappa shape index (κ2) is 6.47. The summed E-state index contributed by atoms with van der Waals surface area (Å²) in [7, 11) is 1.61. The van der Waals surface area contributed by atoms with Crippen LogP contribution in [0, 0.1) is 0 Å². The molecule has 0 aliphatic rings. The van der Waals surface area contributed by atoms with Crippen molar-refractivity contribution < 1.29 is 4.74 Å². The van der Waals surface area contributed by atoms with Gasteiger partial charge in [-0.15, -0.1) is 0 Å². The van der Waals surface area contributed by atoms with E-state index < -0.39 is 3.79 Å². The minimum atomic E-state index is -1.75. The summed E-state index contributed by atoms with van der Waals surface area (Å²) in [6.07, 6.45) is 3.45. The van der Waals surface area contributed by atoms with E-state index in [1.165, 1.54) is 0 Å². The summed E-state index contributed by atoms with van der Waals surface area (Å²) < 4.78 is 3.33. The topological polar surface area (TPSA) is 73.9 Å². The Morgan fingerprint density at radius 2 is 1.71 bits per heavy atom. The molecule has 0 aliphatic heterocycles. The van der Waals surface area contributed by atoms with Crippen molar-refractivity contribution in [2.45, 2.75) is 3.79 Å². The Labute approximate surface area is 136 Å². The molecule has 1 heterocycles. The first-order valence-electron chi connectivity index (χ1n) is 5.79. The van der Waals surface area contributed by atoms with Crippen LogP contribution in [0.4, 0.5) is 5.95 Å². The van der Waals surface area contributed by atoms with E-state index in [1.807, 2.05) is 24.3 Å². The van der Waals surface area contributed by atoms with Gasteiger partial charge in [0.1, 0.15) is 5.75 Å². The van der Waals surface area contributed by atoms with Gasteiger partial charge in [-0.2, -0.15) is 9.97 Å². The molecular formula is C13H11Cl3N4O. The van der Waals surface area contributed by atoms with E-state index in [1.54, 1.807) is 19.3 Å². The molecule has 0 unspecified atom stereocenters. The minimum Gasteiger partial charge on any atom is -0.497 e. The Morgan fingerprint density at radius 1 is 1.05 bits per heavy atom. The number of anilines is 1. The summed E-state index contributed by atoms with van der Waals surface area (Å²) in [5.74, 6) is 1.05. The van der Waals surface area contributed by atoms with Gasteiger partial charge in [-0.25, -0.2) is 4.98 Å². The van der Waals surface area contributed by atoms with Crippen molar-refractivity contribution in [1.82, 2.24) is 15.0 Å². The summed E-state index contributed by atoms with van der Waals surface area (Å²) >= 11 is 17.2. The molecule has 2 rings (SSSR count). The van der Waals surface area contributed by atoms with Crippen LogP contribution >= 0.6 is 34.8 Å². The highest BCUT2D eigenvalue weighted by atomic mass is 35.6. The Bertz CT molecular complexity index is 653. The first-order valence-corrected chi connectivity index (χ1v) is 6.93. The first kappa shape index (κ1) is 15.8. The van der Waals surface area contributed by atoms with Crippen LogP contribution in [0.15, 0.2) is 24.3 Å². The Kier molecular flexibility index (Phi) is 4.88. The smallest absolute Gasteiger partial charge is 0.250 e. The van der Waals surface area contributed by atoms with Gasteiger partial charge in [0, 0.05) is 0 Å². The summed E-state index contributed by atoms with van der Waals surface area (Å²) in [6.45, 7) is 0. The van der Waals surface area contributed by atoms with Crippen LogP contribution in [-0.2, 0) is 3.79 Å². The first-order chi connectivity index (χ1) is 9.88. The maximum absolute atomic E-state index is 5.74. The van der Waals surface area contributed by atoms with Crippen molar-refractivity contribution in [2.24, 2.45) is 0 Å². The number of benzene rings is 1. The number of hydrogen-bond donors (Lipinski definition) is 1. The molecular weight excluding hydrogens is 335 g/mol. The van der Waals surface area contributed by atoms with E-state index >= 15 is 0 Å². The van der Waals surface area contributed by atoms with Gasteiger partial charge in [0.05, 0.1) is 7.11 Å². The van der Waals surface area contributed by atoms with E-state index in [0.717, 1.165) is 11.3 Å². The molecule has 2 N–H and O–H groups in total. The van der Waals surface area contributed by atoms with Crippen LogP contribution < -0.4 is 10.5 Å². The number of aromatic nitrogens is 3. The van der Waals surface area contributed by atoms with Gasteiger partial charge < -0.3 is 10.5 Å². The van der Waals surface area contributed by atoms with Crippen molar-refractivity contribution in [2.75, 3.05) is 12.8 Å². The zero-order chi connectivity index (χ0) is 15.5. The Balaban J connectivity index is 2.25. The summed E-state index contributed by atoms with van der Waals surface area (Å²) in [5.41, 5.74) is 6.51. The van der Waals surface area contributed by atoms with Crippen molar-refractivity contribution in [3.63, 3.8) is 0 Å². The molecule has 0 atom stereocenters. The van der Waals surface area contributed by atoms with Crippen molar-refractivity contribution in [3.05, 3.63) is 41.5 Å². The van der Waals surface area contributed by atoms with Crippen LogP contribution in [0.25, 0.3) is 12.2 Å². The average Bonchev–Trinajstić information content (AvgIpc) is 2.44. The van der Waals surface area contributed by atoms with Gasteiger partial charge in [0.15, 0.2) is 11.6 Å². The molecule has 0 spiro atoms. The zero-order valence-corrected chi connectivity index (χ0v) is 13.2. The number of rotatable bonds is 3. The van der Waals surface area contributed by atoms with E-state index in [4.69, 9.17) is 45.3 Å². The largest absolute Gasteiger partial charge is 0.497 e. The molecule has 1 aromatic carbocycles. The van der Waals surface area contributed by atoms with Crippen molar-refractivity contribution in [1.29, 1.82) is 0 Å². The van der Waals surface area contributed by atoms with Crippen LogP contribution in [0.1, 0.15) is 17.2 Å². The number of halogens is 3. The fraction of sp³-hybridized carbons (Fsp3) is 0.154. The number of nitrogen functional groups attached to an aromatic ring is 1. The molecule has 21 heavy (non-hydrogen) atoms. The number of nitrogens with zero attached hydrogens (tertiary/aromatic N) is 3. The molecule has 0 saturated heterocycles. The highest BCUT2D eigenvalue weighted by Crippen LogP contribution is 2.35. The molecule has 0 radical (unpaired) electrons. The lowest BCUT2D eigenvalue weighted by Crippen LogP contribution is -2.12. The molecule has 5 nitrogen and oxygen atoms in total. The summed E-state index contributed by atoms with van der Waals surface area (Å²) in [5, 5.41) is 0.